The maximum absolute atomic E-state index is 11.8. The van der Waals surface area contributed by atoms with Gasteiger partial charge in [0.1, 0.15) is 11.5 Å². The molecule has 0 bridgehead atoms. The normalized spacial score (nSPS) is 11.9. The SMILES string of the molecule is C=c1ccc2c(c1)Oc1cc(N(CC)CC)ccc1C=2c1ccccc1NC(C)=O. The maximum Gasteiger partial charge on any atom is 0.221 e. The smallest absolute Gasteiger partial charge is 0.221 e. The van der Waals surface area contributed by atoms with Gasteiger partial charge < -0.3 is 15.0 Å². The van der Waals surface area contributed by atoms with Gasteiger partial charge in [-0.15, -0.1) is 0 Å². The van der Waals surface area contributed by atoms with E-state index in [1.54, 1.807) is 0 Å². The molecule has 0 unspecified atom stereocenters. The Hall–Kier alpha value is -3.53. The van der Waals surface area contributed by atoms with Gasteiger partial charge in [0.2, 0.25) is 5.91 Å². The van der Waals surface area contributed by atoms with Crippen LogP contribution in [0.5, 0.6) is 11.5 Å². The third kappa shape index (κ3) is 3.57. The molecule has 1 heterocycles. The number of carbonyl (C=O) groups is 1. The molecule has 0 atom stereocenters. The van der Waals surface area contributed by atoms with E-state index in [9.17, 15) is 4.79 Å². The first-order chi connectivity index (χ1) is 14.5. The van der Waals surface area contributed by atoms with Crippen LogP contribution in [0.3, 0.4) is 0 Å². The molecule has 152 valence electrons. The number of nitrogens with one attached hydrogen (secondary N) is 1. The van der Waals surface area contributed by atoms with Gasteiger partial charge in [0, 0.05) is 59.4 Å². The Morgan fingerprint density at radius 2 is 1.73 bits per heavy atom. The highest BCUT2D eigenvalue weighted by Crippen LogP contribution is 2.40. The second kappa shape index (κ2) is 8.07. The summed E-state index contributed by atoms with van der Waals surface area (Å²) in [4.78, 5) is 14.1. The maximum atomic E-state index is 11.8. The molecule has 4 rings (SSSR count). The lowest BCUT2D eigenvalue weighted by Crippen LogP contribution is -2.23. The molecular weight excluding hydrogens is 372 g/mol. The van der Waals surface area contributed by atoms with E-state index in [1.165, 1.54) is 6.92 Å². The Labute approximate surface area is 177 Å². The molecule has 3 aromatic rings. The van der Waals surface area contributed by atoms with Crippen molar-refractivity contribution in [2.24, 2.45) is 0 Å². The van der Waals surface area contributed by atoms with Crippen molar-refractivity contribution in [2.45, 2.75) is 20.8 Å². The molecular formula is C26H26N2O2. The Morgan fingerprint density at radius 3 is 2.47 bits per heavy atom. The van der Waals surface area contributed by atoms with Crippen LogP contribution in [-0.2, 0) is 4.79 Å². The minimum atomic E-state index is -0.0967. The first-order valence-electron chi connectivity index (χ1n) is 10.3. The fraction of sp³-hybridized carbons (Fsp3) is 0.192. The summed E-state index contributed by atoms with van der Waals surface area (Å²) in [5, 5.41) is 4.85. The minimum absolute atomic E-state index is 0.0967. The standard InChI is InChI=1S/C26H26N2O2/c1-5-28(6-2)19-12-14-22-25(16-19)30-24-15-17(3)11-13-21(24)26(22)20-9-7-8-10-23(20)27-18(4)29/h7-16H,3,5-6H2,1-2,4H3,(H,27,29). The van der Waals surface area contributed by atoms with Gasteiger partial charge in [0.15, 0.2) is 0 Å². The molecule has 0 saturated carbocycles. The molecule has 1 aliphatic heterocycles. The van der Waals surface area contributed by atoms with Crippen molar-refractivity contribution in [2.75, 3.05) is 23.3 Å². The van der Waals surface area contributed by atoms with Gasteiger partial charge in [-0.2, -0.15) is 0 Å². The third-order valence-electron chi connectivity index (χ3n) is 5.41. The number of nitrogens with zero attached hydrogens (tertiary/aromatic N) is 1. The quantitative estimate of drug-likeness (QED) is 0.546. The topological polar surface area (TPSA) is 41.6 Å². The number of amides is 1. The summed E-state index contributed by atoms with van der Waals surface area (Å²) in [6, 6.07) is 20.2. The molecule has 30 heavy (non-hydrogen) atoms. The van der Waals surface area contributed by atoms with Crippen molar-refractivity contribution in [3.8, 4) is 11.5 Å². The predicted molar refractivity (Wildman–Crippen MR) is 124 cm³/mol. The third-order valence-corrected chi connectivity index (χ3v) is 5.41. The summed E-state index contributed by atoms with van der Waals surface area (Å²) in [5.41, 5.74) is 4.92. The first kappa shape index (κ1) is 19.8. The summed E-state index contributed by atoms with van der Waals surface area (Å²) >= 11 is 0. The monoisotopic (exact) mass is 398 g/mol. The fourth-order valence-electron chi connectivity index (χ4n) is 4.00. The molecule has 0 fully saturated rings. The highest BCUT2D eigenvalue weighted by Gasteiger charge is 2.23. The van der Waals surface area contributed by atoms with E-state index in [2.05, 4.69) is 48.8 Å². The van der Waals surface area contributed by atoms with E-state index >= 15 is 0 Å². The van der Waals surface area contributed by atoms with Crippen molar-refractivity contribution in [3.05, 3.63) is 82.2 Å². The number of rotatable bonds is 5. The van der Waals surface area contributed by atoms with E-state index in [1.807, 2.05) is 42.5 Å². The van der Waals surface area contributed by atoms with Gasteiger partial charge in [-0.25, -0.2) is 0 Å². The van der Waals surface area contributed by atoms with Crippen molar-refractivity contribution in [1.82, 2.24) is 0 Å². The summed E-state index contributed by atoms with van der Waals surface area (Å²) in [5.74, 6) is 1.49. The van der Waals surface area contributed by atoms with E-state index in [-0.39, 0.29) is 5.91 Å². The molecule has 1 amide bonds. The summed E-state index contributed by atoms with van der Waals surface area (Å²) in [7, 11) is 0. The van der Waals surface area contributed by atoms with Crippen LogP contribution in [0.4, 0.5) is 11.4 Å². The number of carbonyl (C=O) groups excluding carboxylic acids is 1. The molecule has 4 nitrogen and oxygen atoms in total. The van der Waals surface area contributed by atoms with Gasteiger partial charge in [-0.1, -0.05) is 36.9 Å². The molecule has 0 aliphatic carbocycles. The second-order valence-electron chi connectivity index (χ2n) is 7.39. The number of hydrogen-bond acceptors (Lipinski definition) is 3. The van der Waals surface area contributed by atoms with Crippen LogP contribution in [0.15, 0.2) is 60.7 Å². The van der Waals surface area contributed by atoms with Gasteiger partial charge in [-0.3, -0.25) is 4.79 Å². The van der Waals surface area contributed by atoms with Crippen LogP contribution in [0.2, 0.25) is 0 Å². The van der Waals surface area contributed by atoms with E-state index in [4.69, 9.17) is 4.74 Å². The zero-order valence-electron chi connectivity index (χ0n) is 17.7. The summed E-state index contributed by atoms with van der Waals surface area (Å²) in [6.07, 6.45) is 0. The number of para-hydroxylation sites is 1. The van der Waals surface area contributed by atoms with E-state index in [0.29, 0.717) is 0 Å². The average Bonchev–Trinajstić information content (AvgIpc) is 2.73. The Balaban J connectivity index is 2.00. The van der Waals surface area contributed by atoms with E-state index in [0.717, 1.165) is 63.1 Å². The fourth-order valence-corrected chi connectivity index (χ4v) is 4.00. The lowest BCUT2D eigenvalue weighted by Gasteiger charge is -2.26. The summed E-state index contributed by atoms with van der Waals surface area (Å²) < 4.78 is 6.34. The average molecular weight is 399 g/mol. The van der Waals surface area contributed by atoms with Gasteiger partial charge in [0.25, 0.3) is 0 Å². The van der Waals surface area contributed by atoms with Crippen LogP contribution in [0.1, 0.15) is 31.9 Å². The summed E-state index contributed by atoms with van der Waals surface area (Å²) in [6.45, 7) is 11.7. The van der Waals surface area contributed by atoms with Crippen molar-refractivity contribution < 1.29 is 9.53 Å². The van der Waals surface area contributed by atoms with Gasteiger partial charge >= 0.3 is 0 Å². The highest BCUT2D eigenvalue weighted by molar-refractivity contribution is 5.96. The molecule has 0 aromatic heterocycles. The number of hydrogen-bond donors (Lipinski definition) is 1. The molecule has 0 saturated heterocycles. The highest BCUT2D eigenvalue weighted by atomic mass is 16.5. The zero-order valence-corrected chi connectivity index (χ0v) is 17.7. The molecule has 0 spiro atoms. The minimum Gasteiger partial charge on any atom is -0.456 e. The Bertz CT molecular complexity index is 1230. The lowest BCUT2D eigenvalue weighted by molar-refractivity contribution is -0.114. The van der Waals surface area contributed by atoms with Crippen LogP contribution in [-0.4, -0.2) is 19.0 Å². The molecule has 4 heteroatoms. The second-order valence-corrected chi connectivity index (χ2v) is 7.39. The van der Waals surface area contributed by atoms with E-state index < -0.39 is 0 Å². The lowest BCUT2D eigenvalue weighted by atomic mass is 9.91. The van der Waals surface area contributed by atoms with Crippen LogP contribution >= 0.6 is 0 Å². The predicted octanol–water partition coefficient (Wildman–Crippen LogP) is 4.25. The molecule has 1 N–H and O–H groups in total. The number of anilines is 2. The Kier molecular flexibility index (Phi) is 5.32. The number of ether oxygens (including phenoxy) is 1. The van der Waals surface area contributed by atoms with Gasteiger partial charge in [-0.05, 0) is 43.3 Å². The van der Waals surface area contributed by atoms with Crippen molar-refractivity contribution in [3.63, 3.8) is 0 Å². The largest absolute Gasteiger partial charge is 0.456 e. The van der Waals surface area contributed by atoms with Crippen LogP contribution < -0.4 is 25.4 Å². The zero-order chi connectivity index (χ0) is 21.3. The first-order valence-corrected chi connectivity index (χ1v) is 10.3. The van der Waals surface area contributed by atoms with Gasteiger partial charge in [0.05, 0.1) is 0 Å². The van der Waals surface area contributed by atoms with Crippen molar-refractivity contribution in [1.29, 1.82) is 0 Å². The van der Waals surface area contributed by atoms with Crippen LogP contribution in [0, 0.1) is 0 Å². The number of fused-ring (bicyclic) bond motifs is 2. The van der Waals surface area contributed by atoms with Crippen molar-refractivity contribution >= 4 is 29.4 Å². The van der Waals surface area contributed by atoms with Crippen LogP contribution in [0.25, 0.3) is 12.2 Å². The number of benzene rings is 3. The molecule has 3 aromatic carbocycles. The molecule has 1 aliphatic rings. The molecule has 0 radical (unpaired) electrons. The Morgan fingerprint density at radius 1 is 0.967 bits per heavy atom.